The molecule has 1 aromatic carbocycles. The van der Waals surface area contributed by atoms with E-state index < -0.39 is 17.5 Å². The second-order valence-electron chi connectivity index (χ2n) is 6.82. The first-order valence-electron chi connectivity index (χ1n) is 8.60. The Morgan fingerprint density at radius 3 is 2.70 bits per heavy atom. The third kappa shape index (κ3) is 4.08. The summed E-state index contributed by atoms with van der Waals surface area (Å²) < 4.78 is 38.4. The van der Waals surface area contributed by atoms with Gasteiger partial charge in [0.1, 0.15) is 5.75 Å². The zero-order valence-electron chi connectivity index (χ0n) is 15.2. The Morgan fingerprint density at radius 2 is 2.07 bits per heavy atom. The summed E-state index contributed by atoms with van der Waals surface area (Å²) in [4.78, 5) is 8.49. The zero-order chi connectivity index (χ0) is 19.8. The lowest BCUT2D eigenvalue weighted by Gasteiger charge is -2.31. The number of nitrogens with one attached hydrogen (secondary N) is 1. The van der Waals surface area contributed by atoms with Crippen LogP contribution in [0.3, 0.4) is 0 Å². The number of hydrazone groups is 1. The molecular weight excluding hydrogens is 359 g/mol. The molecule has 1 unspecified atom stereocenters. The summed E-state index contributed by atoms with van der Waals surface area (Å²) in [6.07, 6.45) is -2.48. The molecule has 1 atom stereocenters. The largest absolute Gasteiger partial charge is 0.507 e. The van der Waals surface area contributed by atoms with Gasteiger partial charge in [-0.3, -0.25) is 10.4 Å². The van der Waals surface area contributed by atoms with Crippen LogP contribution >= 0.6 is 0 Å². The molecule has 0 radical (unpaired) electrons. The molecule has 0 saturated carbocycles. The van der Waals surface area contributed by atoms with Crippen molar-refractivity contribution in [2.75, 3.05) is 27.2 Å². The Balaban J connectivity index is 1.85. The van der Waals surface area contributed by atoms with Gasteiger partial charge in [0.2, 0.25) is 0 Å². The summed E-state index contributed by atoms with van der Waals surface area (Å²) in [7, 11) is 3.73. The normalized spacial score (nSPS) is 23.4. The van der Waals surface area contributed by atoms with Crippen molar-refractivity contribution in [3.8, 4) is 5.75 Å². The first-order valence-corrected chi connectivity index (χ1v) is 8.60. The lowest BCUT2D eigenvalue weighted by atomic mass is 10.1. The first-order chi connectivity index (χ1) is 12.7. The molecule has 27 heavy (non-hydrogen) atoms. The van der Waals surface area contributed by atoms with Crippen LogP contribution in [0.25, 0.3) is 0 Å². The highest BCUT2D eigenvalue weighted by atomic mass is 19.4. The molecule has 2 aliphatic rings. The number of phenols is 1. The zero-order valence-corrected chi connectivity index (χ0v) is 15.2. The average molecular weight is 381 g/mol. The molecule has 0 aliphatic carbocycles. The molecule has 1 saturated heterocycles. The number of hydrogen-bond donors (Lipinski definition) is 2. The molecule has 0 amide bonds. The topological polar surface area (TPSA) is 63.5 Å². The molecule has 3 rings (SSSR count). The van der Waals surface area contributed by atoms with Crippen LogP contribution in [0.2, 0.25) is 0 Å². The summed E-state index contributed by atoms with van der Waals surface area (Å²) in [5, 5.41) is 14.3. The Bertz CT molecular complexity index is 803. The van der Waals surface area contributed by atoms with E-state index in [-0.39, 0.29) is 17.4 Å². The van der Waals surface area contributed by atoms with Gasteiger partial charge in [-0.2, -0.15) is 18.3 Å². The van der Waals surface area contributed by atoms with Crippen molar-refractivity contribution >= 4 is 11.7 Å². The van der Waals surface area contributed by atoms with E-state index in [9.17, 15) is 18.3 Å². The van der Waals surface area contributed by atoms with Crippen molar-refractivity contribution < 1.29 is 18.3 Å². The highest BCUT2D eigenvalue weighted by molar-refractivity contribution is 6.11. The van der Waals surface area contributed by atoms with Crippen LogP contribution in [0.4, 0.5) is 13.2 Å². The number of halogens is 3. The molecule has 0 bridgehead atoms. The van der Waals surface area contributed by atoms with Gasteiger partial charge in [-0.15, -0.1) is 0 Å². The number of rotatable bonds is 2. The van der Waals surface area contributed by atoms with Crippen LogP contribution in [0.1, 0.15) is 24.0 Å². The average Bonchev–Trinajstić information content (AvgIpc) is 2.59. The maximum Gasteiger partial charge on any atom is 0.416 e. The van der Waals surface area contributed by atoms with E-state index in [4.69, 9.17) is 0 Å². The second-order valence-corrected chi connectivity index (χ2v) is 6.82. The summed E-state index contributed by atoms with van der Waals surface area (Å²) in [6.45, 7) is 5.89. The predicted molar refractivity (Wildman–Crippen MR) is 97.6 cm³/mol. The Kier molecular flexibility index (Phi) is 5.14. The summed E-state index contributed by atoms with van der Waals surface area (Å²) in [6, 6.07) is 2.93. The molecule has 1 fully saturated rings. The number of hydrogen-bond acceptors (Lipinski definition) is 5. The van der Waals surface area contributed by atoms with Crippen molar-refractivity contribution in [3.05, 3.63) is 41.6 Å². The number of piperidine rings is 1. The molecule has 146 valence electrons. The quantitative estimate of drug-likeness (QED) is 0.827. The van der Waals surface area contributed by atoms with Crippen LogP contribution in [-0.2, 0) is 6.18 Å². The maximum atomic E-state index is 12.8. The van der Waals surface area contributed by atoms with E-state index in [1.807, 2.05) is 7.05 Å². The highest BCUT2D eigenvalue weighted by Crippen LogP contribution is 2.33. The van der Waals surface area contributed by atoms with Gasteiger partial charge in [-0.1, -0.05) is 6.58 Å². The van der Waals surface area contributed by atoms with Crippen molar-refractivity contribution in [1.82, 2.24) is 15.2 Å². The van der Waals surface area contributed by atoms with E-state index in [0.717, 1.165) is 32.0 Å². The van der Waals surface area contributed by atoms with Gasteiger partial charge in [-0.05, 0) is 44.6 Å². The summed E-state index contributed by atoms with van der Waals surface area (Å²) in [5.74, 6) is 0.290. The minimum atomic E-state index is -4.52. The Morgan fingerprint density at radius 1 is 1.33 bits per heavy atom. The van der Waals surface area contributed by atoms with Gasteiger partial charge in [0, 0.05) is 13.6 Å². The standard InChI is InChI=1S/C18H22F3N5O/c1-11-16(22-13-5-4-8-25(2)10-13)23-24-17(26(11)3)14-7-6-12(9-15(14)27)18(19,20)21/h6-7,9,13,27H,1,4-5,8,10H2,2-3H3,(H,22,23). The van der Waals surface area contributed by atoms with Gasteiger partial charge in [0.05, 0.1) is 22.9 Å². The van der Waals surface area contributed by atoms with Crippen LogP contribution in [0.5, 0.6) is 5.75 Å². The first kappa shape index (κ1) is 19.2. The van der Waals surface area contributed by atoms with Crippen molar-refractivity contribution in [3.63, 3.8) is 0 Å². The lowest BCUT2D eigenvalue weighted by molar-refractivity contribution is -0.137. The van der Waals surface area contributed by atoms with Gasteiger partial charge < -0.3 is 14.9 Å². The fourth-order valence-corrected chi connectivity index (χ4v) is 3.20. The Hall–Kier alpha value is -2.55. The van der Waals surface area contributed by atoms with Crippen LogP contribution in [-0.4, -0.2) is 59.8 Å². The minimum Gasteiger partial charge on any atom is -0.507 e. The number of aromatic hydroxyl groups is 1. The van der Waals surface area contributed by atoms with E-state index in [1.165, 1.54) is 6.07 Å². The third-order valence-corrected chi connectivity index (χ3v) is 4.74. The molecule has 6 nitrogen and oxygen atoms in total. The molecule has 9 heteroatoms. The molecule has 2 N–H and O–H groups in total. The summed E-state index contributed by atoms with van der Waals surface area (Å²) in [5.41, 5.74) is 2.62. The van der Waals surface area contributed by atoms with Crippen molar-refractivity contribution in [2.24, 2.45) is 10.1 Å². The van der Waals surface area contributed by atoms with Gasteiger partial charge in [0.15, 0.2) is 11.7 Å². The van der Waals surface area contributed by atoms with E-state index in [1.54, 1.807) is 11.9 Å². The highest BCUT2D eigenvalue weighted by Gasteiger charge is 2.32. The van der Waals surface area contributed by atoms with Gasteiger partial charge in [0.25, 0.3) is 0 Å². The van der Waals surface area contributed by atoms with E-state index >= 15 is 0 Å². The number of aliphatic imine (C=N–C) groups is 1. The molecule has 1 aromatic rings. The number of benzene rings is 1. The number of amidine groups is 2. The van der Waals surface area contributed by atoms with E-state index in [0.29, 0.717) is 17.6 Å². The maximum absolute atomic E-state index is 12.8. The minimum absolute atomic E-state index is 0.132. The number of likely N-dealkylation sites (tertiary alicyclic amines) is 1. The molecule has 0 aromatic heterocycles. The van der Waals surface area contributed by atoms with Crippen molar-refractivity contribution in [2.45, 2.75) is 25.1 Å². The number of nitrogens with zero attached hydrogens (tertiary/aromatic N) is 4. The fourth-order valence-electron chi connectivity index (χ4n) is 3.20. The SMILES string of the molecule is C=C1C(=NC2CCCN(C)C2)NN=C(c2ccc(C(F)(F)F)cc2O)N1C. The predicted octanol–water partition coefficient (Wildman–Crippen LogP) is 2.61. The monoisotopic (exact) mass is 381 g/mol. The molecule has 2 heterocycles. The van der Waals surface area contributed by atoms with Crippen LogP contribution < -0.4 is 5.43 Å². The van der Waals surface area contributed by atoms with Crippen LogP contribution in [0.15, 0.2) is 40.6 Å². The van der Waals surface area contributed by atoms with E-state index in [2.05, 4.69) is 27.0 Å². The third-order valence-electron chi connectivity index (χ3n) is 4.74. The van der Waals surface area contributed by atoms with Crippen molar-refractivity contribution in [1.29, 1.82) is 0 Å². The Labute approximate surface area is 155 Å². The number of likely N-dealkylation sites (N-methyl/N-ethyl adjacent to an activating group) is 2. The molecule has 0 spiro atoms. The lowest BCUT2D eigenvalue weighted by Crippen LogP contribution is -2.43. The number of phenolic OH excluding ortho intramolecular Hbond substituents is 1. The smallest absolute Gasteiger partial charge is 0.416 e. The molecule has 2 aliphatic heterocycles. The fraction of sp³-hybridized carbons (Fsp3) is 0.444. The second kappa shape index (κ2) is 7.22. The van der Waals surface area contributed by atoms with Gasteiger partial charge in [-0.25, -0.2) is 0 Å². The van der Waals surface area contributed by atoms with Crippen LogP contribution in [0, 0.1) is 0 Å². The summed E-state index contributed by atoms with van der Waals surface area (Å²) >= 11 is 0. The van der Waals surface area contributed by atoms with Gasteiger partial charge >= 0.3 is 6.18 Å². The number of alkyl halides is 3. The molecular formula is C18H22F3N5O.